The lowest BCUT2D eigenvalue weighted by atomic mass is 10.0. The Bertz CT molecular complexity index is 805. The minimum atomic E-state index is -0.954. The molecular formula is C23H36N4O6. The van der Waals surface area contributed by atoms with Gasteiger partial charge < -0.3 is 20.1 Å². The lowest BCUT2D eigenvalue weighted by molar-refractivity contribution is -0.132. The first-order valence-corrected chi connectivity index (χ1v) is 10.9. The molecule has 1 rings (SSSR count). The maximum atomic E-state index is 12.6. The van der Waals surface area contributed by atoms with Crippen LogP contribution in [0.5, 0.6) is 0 Å². The molecule has 0 unspecified atom stereocenters. The van der Waals surface area contributed by atoms with Gasteiger partial charge in [0.1, 0.15) is 24.3 Å². The fourth-order valence-corrected chi connectivity index (χ4v) is 2.67. The molecule has 2 atom stereocenters. The van der Waals surface area contributed by atoms with E-state index in [2.05, 4.69) is 21.5 Å². The van der Waals surface area contributed by atoms with Crippen molar-refractivity contribution in [2.75, 3.05) is 0 Å². The molecule has 10 nitrogen and oxygen atoms in total. The zero-order valence-corrected chi connectivity index (χ0v) is 20.4. The van der Waals surface area contributed by atoms with E-state index in [-0.39, 0.29) is 18.4 Å². The average Bonchev–Trinajstić information content (AvgIpc) is 2.71. The highest BCUT2D eigenvalue weighted by Crippen LogP contribution is 2.09. The Morgan fingerprint density at radius 1 is 0.788 bits per heavy atom. The Labute approximate surface area is 195 Å². The number of alkyl carbamates (subject to hydrolysis) is 2. The Morgan fingerprint density at radius 2 is 1.24 bits per heavy atom. The molecule has 0 bridgehead atoms. The van der Waals surface area contributed by atoms with Crippen molar-refractivity contribution >= 4 is 24.0 Å². The number of benzene rings is 1. The Morgan fingerprint density at radius 3 is 1.67 bits per heavy atom. The number of hydrazine groups is 1. The summed E-state index contributed by atoms with van der Waals surface area (Å²) in [6, 6.07) is 7.23. The lowest BCUT2D eigenvalue weighted by Crippen LogP contribution is -2.58. The number of ether oxygens (including phenoxy) is 2. The molecule has 0 aliphatic carbocycles. The zero-order valence-electron chi connectivity index (χ0n) is 20.4. The van der Waals surface area contributed by atoms with Gasteiger partial charge in [0, 0.05) is 0 Å². The number of amides is 4. The van der Waals surface area contributed by atoms with Crippen molar-refractivity contribution in [3.8, 4) is 0 Å². The van der Waals surface area contributed by atoms with Gasteiger partial charge in [0.15, 0.2) is 0 Å². The third kappa shape index (κ3) is 10.7. The molecule has 10 heteroatoms. The number of rotatable bonds is 8. The van der Waals surface area contributed by atoms with Crippen LogP contribution in [0.3, 0.4) is 0 Å². The summed E-state index contributed by atoms with van der Waals surface area (Å²) < 4.78 is 10.3. The maximum Gasteiger partial charge on any atom is 0.408 e. The van der Waals surface area contributed by atoms with E-state index < -0.39 is 41.7 Å². The van der Waals surface area contributed by atoms with Crippen LogP contribution >= 0.6 is 0 Å². The summed E-state index contributed by atoms with van der Waals surface area (Å²) in [6.07, 6.45) is -1.50. The highest BCUT2D eigenvalue weighted by Gasteiger charge is 2.29. The molecule has 0 aliphatic rings. The van der Waals surface area contributed by atoms with Crippen molar-refractivity contribution in [1.82, 2.24) is 21.5 Å². The van der Waals surface area contributed by atoms with Crippen LogP contribution < -0.4 is 21.5 Å². The molecule has 0 aliphatic heterocycles. The Kier molecular flexibility index (Phi) is 10.6. The molecule has 4 N–H and O–H groups in total. The highest BCUT2D eigenvalue weighted by atomic mass is 16.6. The van der Waals surface area contributed by atoms with Crippen LogP contribution in [-0.4, -0.2) is 41.7 Å². The second-order valence-electron chi connectivity index (χ2n) is 9.27. The second-order valence-corrected chi connectivity index (χ2v) is 9.27. The van der Waals surface area contributed by atoms with Crippen LogP contribution in [0.25, 0.3) is 0 Å². The Balaban J connectivity index is 2.63. The van der Waals surface area contributed by atoms with E-state index in [1.807, 2.05) is 30.3 Å². The molecule has 0 aromatic heterocycles. The minimum absolute atomic E-state index is 0.0578. The molecule has 184 valence electrons. The molecule has 1 aromatic carbocycles. The Hall–Kier alpha value is -3.30. The van der Waals surface area contributed by atoms with Crippen LogP contribution in [0.15, 0.2) is 30.3 Å². The van der Waals surface area contributed by atoms with Gasteiger partial charge in [-0.2, -0.15) is 0 Å². The molecule has 0 radical (unpaired) electrons. The monoisotopic (exact) mass is 464 g/mol. The lowest BCUT2D eigenvalue weighted by Gasteiger charge is -2.26. The van der Waals surface area contributed by atoms with E-state index in [0.29, 0.717) is 0 Å². The van der Waals surface area contributed by atoms with Crippen LogP contribution in [0.4, 0.5) is 9.59 Å². The van der Waals surface area contributed by atoms with Crippen LogP contribution in [0.2, 0.25) is 0 Å². The summed E-state index contributed by atoms with van der Waals surface area (Å²) in [5, 5.41) is 5.00. The van der Waals surface area contributed by atoms with Crippen molar-refractivity contribution < 1.29 is 28.7 Å². The van der Waals surface area contributed by atoms with Crippen molar-refractivity contribution in [1.29, 1.82) is 0 Å². The predicted molar refractivity (Wildman–Crippen MR) is 123 cm³/mol. The van der Waals surface area contributed by atoms with Gasteiger partial charge in [-0.15, -0.1) is 0 Å². The number of carbonyl (C=O) groups is 4. The standard InChI is InChI=1S/C23H36N4O6/c1-14(2)17(24-21(30)32-13-16-11-9-8-10-12-16)19(28)26-27-20(29)18(15(3)4)25-22(31)33-23(5,6)7/h8-12,14-15,17-18H,13H2,1-7H3,(H,24,30)(H,25,31)(H,26,28)(H,27,29)/t17-,18-/m0/s1. The van der Waals surface area contributed by atoms with Gasteiger partial charge in [-0.1, -0.05) is 58.0 Å². The third-order valence-corrected chi connectivity index (χ3v) is 4.37. The summed E-state index contributed by atoms with van der Waals surface area (Å²) in [5.41, 5.74) is 4.68. The summed E-state index contributed by atoms with van der Waals surface area (Å²) in [7, 11) is 0. The summed E-state index contributed by atoms with van der Waals surface area (Å²) in [4.78, 5) is 49.3. The molecule has 0 spiro atoms. The van der Waals surface area contributed by atoms with E-state index in [4.69, 9.17) is 9.47 Å². The molecular weight excluding hydrogens is 428 g/mol. The van der Waals surface area contributed by atoms with E-state index in [9.17, 15) is 19.2 Å². The first-order chi connectivity index (χ1) is 15.3. The molecule has 0 saturated carbocycles. The van der Waals surface area contributed by atoms with Crippen molar-refractivity contribution in [3.05, 3.63) is 35.9 Å². The fourth-order valence-electron chi connectivity index (χ4n) is 2.67. The quantitative estimate of drug-likeness (QED) is 0.437. The SMILES string of the molecule is CC(C)[C@H](NC(=O)OCc1ccccc1)C(=O)NNC(=O)[C@@H](NC(=O)OC(C)(C)C)C(C)C. The topological polar surface area (TPSA) is 135 Å². The van der Waals surface area contributed by atoms with Gasteiger partial charge in [0.25, 0.3) is 11.8 Å². The summed E-state index contributed by atoms with van der Waals surface area (Å²) in [5.74, 6) is -1.82. The second kappa shape index (κ2) is 12.7. The average molecular weight is 465 g/mol. The molecule has 4 amide bonds. The van der Waals surface area contributed by atoms with Gasteiger partial charge in [0.05, 0.1) is 0 Å². The van der Waals surface area contributed by atoms with E-state index in [1.165, 1.54) is 0 Å². The van der Waals surface area contributed by atoms with Gasteiger partial charge >= 0.3 is 12.2 Å². The number of hydrogen-bond acceptors (Lipinski definition) is 6. The van der Waals surface area contributed by atoms with Gasteiger partial charge in [0.2, 0.25) is 0 Å². The minimum Gasteiger partial charge on any atom is -0.445 e. The van der Waals surface area contributed by atoms with E-state index >= 15 is 0 Å². The predicted octanol–water partition coefficient (Wildman–Crippen LogP) is 2.63. The van der Waals surface area contributed by atoms with Crippen LogP contribution in [0.1, 0.15) is 54.0 Å². The zero-order chi connectivity index (χ0) is 25.2. The van der Waals surface area contributed by atoms with Crippen molar-refractivity contribution in [2.45, 2.75) is 72.8 Å². The smallest absolute Gasteiger partial charge is 0.408 e. The van der Waals surface area contributed by atoms with Crippen LogP contribution in [-0.2, 0) is 25.7 Å². The molecule has 0 saturated heterocycles. The number of nitrogens with one attached hydrogen (secondary N) is 4. The molecule has 0 heterocycles. The van der Waals surface area contributed by atoms with E-state index in [1.54, 1.807) is 48.5 Å². The van der Waals surface area contributed by atoms with Gasteiger partial charge in [-0.25, -0.2) is 9.59 Å². The molecule has 0 fully saturated rings. The largest absolute Gasteiger partial charge is 0.445 e. The molecule has 33 heavy (non-hydrogen) atoms. The third-order valence-electron chi connectivity index (χ3n) is 4.37. The van der Waals surface area contributed by atoms with Crippen LogP contribution in [0, 0.1) is 11.8 Å². The van der Waals surface area contributed by atoms with Crippen molar-refractivity contribution in [2.24, 2.45) is 11.8 Å². The van der Waals surface area contributed by atoms with Crippen molar-refractivity contribution in [3.63, 3.8) is 0 Å². The highest BCUT2D eigenvalue weighted by molar-refractivity contribution is 5.90. The van der Waals surface area contributed by atoms with Gasteiger partial charge in [-0.3, -0.25) is 20.4 Å². The molecule has 1 aromatic rings. The summed E-state index contributed by atoms with van der Waals surface area (Å²) in [6.45, 7) is 12.1. The maximum absolute atomic E-state index is 12.6. The normalized spacial score (nSPS) is 13.0. The van der Waals surface area contributed by atoms with E-state index in [0.717, 1.165) is 5.56 Å². The first kappa shape index (κ1) is 27.7. The first-order valence-electron chi connectivity index (χ1n) is 10.9. The summed E-state index contributed by atoms with van der Waals surface area (Å²) >= 11 is 0. The number of carbonyl (C=O) groups excluding carboxylic acids is 4. The van der Waals surface area contributed by atoms with Gasteiger partial charge in [-0.05, 0) is 38.2 Å². The number of hydrogen-bond donors (Lipinski definition) is 4. The fraction of sp³-hybridized carbons (Fsp3) is 0.565.